The zero-order chi connectivity index (χ0) is 15.5. The summed E-state index contributed by atoms with van der Waals surface area (Å²) < 4.78 is 28.8. The summed E-state index contributed by atoms with van der Waals surface area (Å²) in [6.45, 7) is 2.58. The van der Waals surface area contributed by atoms with E-state index in [0.29, 0.717) is 27.0 Å². The standard InChI is InChI=1S/C13H13Br2N3O2S/c1-2-16-12-8-9(6-7-17-12)21(19,20)18-13-10(14)4-3-5-11(13)15/h3-8,18H,2H2,1H3,(H,16,17). The number of aromatic nitrogens is 1. The molecule has 0 unspecified atom stereocenters. The predicted molar refractivity (Wildman–Crippen MR) is 91.1 cm³/mol. The zero-order valence-corrected chi connectivity index (χ0v) is 15.1. The molecule has 5 nitrogen and oxygen atoms in total. The quantitative estimate of drug-likeness (QED) is 0.749. The number of hydrogen-bond acceptors (Lipinski definition) is 4. The number of rotatable bonds is 5. The highest BCUT2D eigenvalue weighted by Crippen LogP contribution is 2.32. The summed E-state index contributed by atoms with van der Waals surface area (Å²) in [5.74, 6) is 0.520. The molecular weight excluding hydrogens is 422 g/mol. The smallest absolute Gasteiger partial charge is 0.262 e. The van der Waals surface area contributed by atoms with Gasteiger partial charge in [-0.15, -0.1) is 0 Å². The second-order valence-corrected chi connectivity index (χ2v) is 7.50. The summed E-state index contributed by atoms with van der Waals surface area (Å²) in [6.07, 6.45) is 1.46. The van der Waals surface area contributed by atoms with Gasteiger partial charge in [0.25, 0.3) is 10.0 Å². The molecular formula is C13H13Br2N3O2S. The minimum Gasteiger partial charge on any atom is -0.370 e. The van der Waals surface area contributed by atoms with Crippen molar-refractivity contribution in [2.75, 3.05) is 16.6 Å². The van der Waals surface area contributed by atoms with E-state index >= 15 is 0 Å². The summed E-state index contributed by atoms with van der Waals surface area (Å²) in [6, 6.07) is 8.28. The van der Waals surface area contributed by atoms with Crippen LogP contribution in [0, 0.1) is 0 Å². The Labute approximate surface area is 140 Å². The second kappa shape index (κ2) is 6.76. The van der Waals surface area contributed by atoms with Gasteiger partial charge in [0.15, 0.2) is 0 Å². The fraction of sp³-hybridized carbons (Fsp3) is 0.154. The number of nitrogens with zero attached hydrogens (tertiary/aromatic N) is 1. The monoisotopic (exact) mass is 433 g/mol. The van der Waals surface area contributed by atoms with Crippen LogP contribution >= 0.6 is 31.9 Å². The van der Waals surface area contributed by atoms with Crippen LogP contribution < -0.4 is 10.0 Å². The molecule has 0 amide bonds. The molecule has 1 heterocycles. The third-order valence-corrected chi connectivity index (χ3v) is 5.27. The minimum absolute atomic E-state index is 0.149. The third-order valence-electron chi connectivity index (χ3n) is 2.60. The van der Waals surface area contributed by atoms with Gasteiger partial charge in [-0.1, -0.05) is 6.07 Å². The van der Waals surface area contributed by atoms with Gasteiger partial charge >= 0.3 is 0 Å². The predicted octanol–water partition coefficient (Wildman–Crippen LogP) is 3.84. The van der Waals surface area contributed by atoms with Gasteiger partial charge in [0.2, 0.25) is 0 Å². The van der Waals surface area contributed by atoms with E-state index in [1.54, 1.807) is 12.1 Å². The van der Waals surface area contributed by atoms with Gasteiger partial charge in [-0.3, -0.25) is 4.72 Å². The normalized spacial score (nSPS) is 11.2. The lowest BCUT2D eigenvalue weighted by Crippen LogP contribution is -2.14. The van der Waals surface area contributed by atoms with Crippen molar-refractivity contribution in [3.63, 3.8) is 0 Å². The van der Waals surface area contributed by atoms with Gasteiger partial charge in [-0.05, 0) is 57.0 Å². The van der Waals surface area contributed by atoms with Crippen molar-refractivity contribution in [1.29, 1.82) is 0 Å². The fourth-order valence-corrected chi connectivity index (χ4v) is 4.22. The molecule has 0 aliphatic carbocycles. The number of anilines is 2. The van der Waals surface area contributed by atoms with Crippen molar-refractivity contribution >= 4 is 53.4 Å². The highest BCUT2D eigenvalue weighted by molar-refractivity contribution is 9.11. The lowest BCUT2D eigenvalue weighted by molar-refractivity contribution is 0.601. The number of halogens is 2. The molecule has 0 atom stereocenters. The number of nitrogens with one attached hydrogen (secondary N) is 2. The number of sulfonamides is 1. The number of benzene rings is 1. The van der Waals surface area contributed by atoms with Crippen molar-refractivity contribution in [1.82, 2.24) is 4.98 Å². The van der Waals surface area contributed by atoms with E-state index in [1.165, 1.54) is 18.3 Å². The van der Waals surface area contributed by atoms with Crippen molar-refractivity contribution in [2.45, 2.75) is 11.8 Å². The SMILES string of the molecule is CCNc1cc(S(=O)(=O)Nc2c(Br)cccc2Br)ccn1. The van der Waals surface area contributed by atoms with Gasteiger partial charge in [0, 0.05) is 27.8 Å². The largest absolute Gasteiger partial charge is 0.370 e. The van der Waals surface area contributed by atoms with Crippen molar-refractivity contribution in [2.24, 2.45) is 0 Å². The van der Waals surface area contributed by atoms with E-state index in [1.807, 2.05) is 13.0 Å². The van der Waals surface area contributed by atoms with Crippen LogP contribution in [0.3, 0.4) is 0 Å². The summed E-state index contributed by atoms with van der Waals surface area (Å²) in [7, 11) is -3.69. The molecule has 2 rings (SSSR count). The van der Waals surface area contributed by atoms with Crippen molar-refractivity contribution in [3.05, 3.63) is 45.5 Å². The Balaban J connectivity index is 2.36. The molecule has 2 N–H and O–H groups in total. The first-order valence-electron chi connectivity index (χ1n) is 6.11. The Morgan fingerprint density at radius 1 is 1.19 bits per heavy atom. The molecule has 0 aliphatic heterocycles. The number of para-hydroxylation sites is 1. The summed E-state index contributed by atoms with van der Waals surface area (Å²) in [5, 5.41) is 2.98. The third kappa shape index (κ3) is 3.96. The Kier molecular flexibility index (Phi) is 5.23. The molecule has 0 bridgehead atoms. The molecule has 0 aliphatic rings. The first-order valence-corrected chi connectivity index (χ1v) is 9.17. The Morgan fingerprint density at radius 3 is 2.48 bits per heavy atom. The molecule has 8 heteroatoms. The van der Waals surface area contributed by atoms with Gasteiger partial charge < -0.3 is 5.32 Å². The summed E-state index contributed by atoms with van der Waals surface area (Å²) in [4.78, 5) is 4.21. The van der Waals surface area contributed by atoms with Gasteiger partial charge in [0.1, 0.15) is 5.82 Å². The van der Waals surface area contributed by atoms with E-state index < -0.39 is 10.0 Å². The van der Waals surface area contributed by atoms with E-state index in [4.69, 9.17) is 0 Å². The van der Waals surface area contributed by atoms with Crippen LogP contribution in [-0.4, -0.2) is 19.9 Å². The number of pyridine rings is 1. The summed E-state index contributed by atoms with van der Waals surface area (Å²) >= 11 is 6.66. The maximum atomic E-state index is 12.5. The van der Waals surface area contributed by atoms with E-state index in [2.05, 4.69) is 46.9 Å². The summed E-state index contributed by atoms with van der Waals surface area (Å²) in [5.41, 5.74) is 0.458. The van der Waals surface area contributed by atoms with Crippen LogP contribution in [-0.2, 0) is 10.0 Å². The molecule has 21 heavy (non-hydrogen) atoms. The first-order chi connectivity index (χ1) is 9.94. The molecule has 0 saturated heterocycles. The maximum Gasteiger partial charge on any atom is 0.262 e. The van der Waals surface area contributed by atoms with Crippen molar-refractivity contribution in [3.8, 4) is 0 Å². The molecule has 0 saturated carbocycles. The van der Waals surface area contributed by atoms with E-state index in [9.17, 15) is 8.42 Å². The van der Waals surface area contributed by atoms with Gasteiger partial charge in [0.05, 0.1) is 10.6 Å². The van der Waals surface area contributed by atoms with Gasteiger partial charge in [-0.25, -0.2) is 13.4 Å². The van der Waals surface area contributed by atoms with Crippen LogP contribution in [0.1, 0.15) is 6.92 Å². The molecule has 0 spiro atoms. The lowest BCUT2D eigenvalue weighted by Gasteiger charge is -2.12. The van der Waals surface area contributed by atoms with Crippen molar-refractivity contribution < 1.29 is 8.42 Å². The molecule has 0 fully saturated rings. The maximum absolute atomic E-state index is 12.5. The zero-order valence-electron chi connectivity index (χ0n) is 11.1. The van der Waals surface area contributed by atoms with Crippen LogP contribution in [0.4, 0.5) is 11.5 Å². The topological polar surface area (TPSA) is 71.1 Å². The first kappa shape index (κ1) is 16.3. The minimum atomic E-state index is -3.69. The van der Waals surface area contributed by atoms with Crippen LogP contribution in [0.15, 0.2) is 50.4 Å². The van der Waals surface area contributed by atoms with E-state index in [0.717, 1.165) is 0 Å². The van der Waals surface area contributed by atoms with Crippen LogP contribution in [0.5, 0.6) is 0 Å². The van der Waals surface area contributed by atoms with E-state index in [-0.39, 0.29) is 4.90 Å². The molecule has 2 aromatic rings. The molecule has 112 valence electrons. The van der Waals surface area contributed by atoms with Crippen LogP contribution in [0.25, 0.3) is 0 Å². The molecule has 1 aromatic heterocycles. The average molecular weight is 435 g/mol. The fourth-order valence-electron chi connectivity index (χ4n) is 1.64. The Hall–Kier alpha value is -1.12. The average Bonchev–Trinajstić information content (AvgIpc) is 2.44. The highest BCUT2D eigenvalue weighted by Gasteiger charge is 2.18. The molecule has 1 aromatic carbocycles. The second-order valence-electron chi connectivity index (χ2n) is 4.11. The Morgan fingerprint density at radius 2 is 1.86 bits per heavy atom. The molecule has 0 radical (unpaired) electrons. The highest BCUT2D eigenvalue weighted by atomic mass is 79.9. The van der Waals surface area contributed by atoms with Crippen LogP contribution in [0.2, 0.25) is 0 Å². The van der Waals surface area contributed by atoms with Gasteiger partial charge in [-0.2, -0.15) is 0 Å². The lowest BCUT2D eigenvalue weighted by atomic mass is 10.3. The number of hydrogen-bond donors (Lipinski definition) is 2. The Bertz CT molecular complexity index is 731.